The van der Waals surface area contributed by atoms with Gasteiger partial charge in [-0.2, -0.15) is 0 Å². The van der Waals surface area contributed by atoms with Gasteiger partial charge in [-0.25, -0.2) is 0 Å². The van der Waals surface area contributed by atoms with E-state index in [0.29, 0.717) is 18.7 Å². The largest absolute Gasteiger partial charge is 0.399 e. The number of ether oxygens (including phenoxy) is 1. The maximum absolute atomic E-state index is 12.4. The lowest BCUT2D eigenvalue weighted by Gasteiger charge is -2.35. The summed E-state index contributed by atoms with van der Waals surface area (Å²) in [6.45, 7) is 5.92. The first-order valence-corrected chi connectivity index (χ1v) is 9.11. The predicted octanol–water partition coefficient (Wildman–Crippen LogP) is 2.31. The van der Waals surface area contributed by atoms with Crippen LogP contribution in [0.1, 0.15) is 22.7 Å². The highest BCUT2D eigenvalue weighted by atomic mass is 16.5. The number of aryl methyl sites for hydroxylation is 1. The highest BCUT2D eigenvalue weighted by molar-refractivity contribution is 5.78. The van der Waals surface area contributed by atoms with Crippen LogP contribution in [0.15, 0.2) is 48.5 Å². The van der Waals surface area contributed by atoms with E-state index in [1.165, 1.54) is 11.1 Å². The van der Waals surface area contributed by atoms with Crippen molar-refractivity contribution in [2.45, 2.75) is 19.4 Å². The summed E-state index contributed by atoms with van der Waals surface area (Å²) in [5.41, 5.74) is 9.84. The number of nitrogen functional groups attached to an aromatic ring is 1. The molecule has 0 radical (unpaired) electrons. The molecule has 1 aliphatic rings. The van der Waals surface area contributed by atoms with Gasteiger partial charge in [-0.3, -0.25) is 9.69 Å². The van der Waals surface area contributed by atoms with E-state index in [-0.39, 0.29) is 11.9 Å². The molecule has 3 N–H and O–H groups in total. The summed E-state index contributed by atoms with van der Waals surface area (Å²) in [5, 5.41) is 3.10. The van der Waals surface area contributed by atoms with Gasteiger partial charge < -0.3 is 15.8 Å². The average Bonchev–Trinajstić information content (AvgIpc) is 2.66. The summed E-state index contributed by atoms with van der Waals surface area (Å²) in [6, 6.07) is 16.2. The Hall–Kier alpha value is -2.37. The Balaban J connectivity index is 1.64. The minimum Gasteiger partial charge on any atom is -0.399 e. The third kappa shape index (κ3) is 5.07. The molecule has 5 nitrogen and oxygen atoms in total. The predicted molar refractivity (Wildman–Crippen MR) is 104 cm³/mol. The lowest BCUT2D eigenvalue weighted by atomic mass is 10.0. The molecule has 26 heavy (non-hydrogen) atoms. The second-order valence-electron chi connectivity index (χ2n) is 6.80. The third-order valence-corrected chi connectivity index (χ3v) is 4.79. The zero-order chi connectivity index (χ0) is 18.4. The summed E-state index contributed by atoms with van der Waals surface area (Å²) < 4.78 is 5.48. The Bertz CT molecular complexity index is 707. The average molecular weight is 353 g/mol. The summed E-state index contributed by atoms with van der Waals surface area (Å²) in [6.07, 6.45) is 0.365. The Kier molecular flexibility index (Phi) is 6.26. The van der Waals surface area contributed by atoms with Gasteiger partial charge in [-0.05, 0) is 30.2 Å². The number of nitrogens with one attached hydrogen (secondary N) is 1. The summed E-state index contributed by atoms with van der Waals surface area (Å²) in [4.78, 5) is 14.8. The zero-order valence-corrected chi connectivity index (χ0v) is 15.3. The quantitative estimate of drug-likeness (QED) is 0.782. The zero-order valence-electron chi connectivity index (χ0n) is 15.3. The first-order chi connectivity index (χ1) is 12.6. The third-order valence-electron chi connectivity index (χ3n) is 4.79. The van der Waals surface area contributed by atoms with Crippen LogP contribution in [-0.4, -0.2) is 43.7 Å². The molecule has 3 rings (SSSR count). The number of amides is 1. The SMILES string of the molecule is Cc1ccc(C(CNC(=O)Cc2ccc(N)cc2)N2CCOCC2)cc1. The van der Waals surface area contributed by atoms with Gasteiger partial charge in [0.2, 0.25) is 5.91 Å². The first-order valence-electron chi connectivity index (χ1n) is 9.11. The van der Waals surface area contributed by atoms with E-state index in [1.54, 1.807) is 0 Å². The normalized spacial score (nSPS) is 16.2. The monoisotopic (exact) mass is 353 g/mol. The van der Waals surface area contributed by atoms with E-state index in [9.17, 15) is 4.79 Å². The van der Waals surface area contributed by atoms with Crippen LogP contribution < -0.4 is 11.1 Å². The molecular weight excluding hydrogens is 326 g/mol. The molecule has 0 spiro atoms. The number of nitrogens with zero attached hydrogens (tertiary/aromatic N) is 1. The van der Waals surface area contributed by atoms with Gasteiger partial charge in [0.1, 0.15) is 0 Å². The Morgan fingerprint density at radius 1 is 1.12 bits per heavy atom. The van der Waals surface area contributed by atoms with E-state index in [4.69, 9.17) is 10.5 Å². The van der Waals surface area contributed by atoms with Crippen LogP contribution in [0.4, 0.5) is 5.69 Å². The van der Waals surface area contributed by atoms with Crippen molar-refractivity contribution < 1.29 is 9.53 Å². The van der Waals surface area contributed by atoms with Crippen molar-refractivity contribution in [2.24, 2.45) is 0 Å². The molecule has 1 aliphatic heterocycles. The number of morpholine rings is 1. The molecule has 5 heteroatoms. The number of anilines is 1. The number of rotatable bonds is 6. The van der Waals surface area contributed by atoms with Crippen LogP contribution in [0.25, 0.3) is 0 Å². The minimum atomic E-state index is 0.0279. The summed E-state index contributed by atoms with van der Waals surface area (Å²) in [7, 11) is 0. The van der Waals surface area contributed by atoms with E-state index in [0.717, 1.165) is 31.9 Å². The first kappa shape index (κ1) is 18.4. The highest BCUT2D eigenvalue weighted by Gasteiger charge is 2.23. The van der Waals surface area contributed by atoms with Gasteiger partial charge in [0.25, 0.3) is 0 Å². The van der Waals surface area contributed by atoms with Crippen molar-refractivity contribution in [3.8, 4) is 0 Å². The standard InChI is InChI=1S/C21H27N3O2/c1-16-2-6-18(7-3-16)20(24-10-12-26-13-11-24)15-23-21(25)14-17-4-8-19(22)9-5-17/h2-9,20H,10-15,22H2,1H3,(H,23,25). The molecule has 0 saturated carbocycles. The Labute approximate surface area is 155 Å². The molecule has 1 heterocycles. The smallest absolute Gasteiger partial charge is 0.224 e. The van der Waals surface area contributed by atoms with Gasteiger partial charge in [-0.1, -0.05) is 42.0 Å². The van der Waals surface area contributed by atoms with Crippen LogP contribution in [0.5, 0.6) is 0 Å². The van der Waals surface area contributed by atoms with E-state index >= 15 is 0 Å². The van der Waals surface area contributed by atoms with E-state index < -0.39 is 0 Å². The van der Waals surface area contributed by atoms with Crippen molar-refractivity contribution in [3.05, 3.63) is 65.2 Å². The van der Waals surface area contributed by atoms with Gasteiger partial charge in [0.15, 0.2) is 0 Å². The van der Waals surface area contributed by atoms with Crippen LogP contribution in [0, 0.1) is 6.92 Å². The lowest BCUT2D eigenvalue weighted by molar-refractivity contribution is -0.120. The molecule has 2 aromatic rings. The van der Waals surface area contributed by atoms with Crippen molar-refractivity contribution >= 4 is 11.6 Å². The summed E-state index contributed by atoms with van der Waals surface area (Å²) in [5.74, 6) is 0.0279. The minimum absolute atomic E-state index is 0.0279. The van der Waals surface area contributed by atoms with E-state index in [2.05, 4.69) is 41.4 Å². The molecular formula is C21H27N3O2. The number of carbonyl (C=O) groups excluding carboxylic acids is 1. The van der Waals surface area contributed by atoms with Crippen molar-refractivity contribution in [2.75, 3.05) is 38.6 Å². The fourth-order valence-corrected chi connectivity index (χ4v) is 3.23. The van der Waals surface area contributed by atoms with Crippen LogP contribution in [0.3, 0.4) is 0 Å². The Morgan fingerprint density at radius 2 is 1.77 bits per heavy atom. The molecule has 138 valence electrons. The van der Waals surface area contributed by atoms with Crippen LogP contribution in [0.2, 0.25) is 0 Å². The fourth-order valence-electron chi connectivity index (χ4n) is 3.23. The molecule has 1 amide bonds. The maximum Gasteiger partial charge on any atom is 0.224 e. The van der Waals surface area contributed by atoms with Gasteiger partial charge in [0, 0.05) is 25.3 Å². The maximum atomic E-state index is 12.4. The van der Waals surface area contributed by atoms with Crippen LogP contribution >= 0.6 is 0 Å². The Morgan fingerprint density at radius 3 is 2.42 bits per heavy atom. The van der Waals surface area contributed by atoms with Crippen molar-refractivity contribution in [3.63, 3.8) is 0 Å². The fraction of sp³-hybridized carbons (Fsp3) is 0.381. The van der Waals surface area contributed by atoms with Gasteiger partial charge in [-0.15, -0.1) is 0 Å². The molecule has 0 aliphatic carbocycles. The molecule has 2 aromatic carbocycles. The van der Waals surface area contributed by atoms with Gasteiger partial charge in [0.05, 0.1) is 25.7 Å². The second kappa shape index (κ2) is 8.83. The number of carbonyl (C=O) groups is 1. The number of hydrogen-bond acceptors (Lipinski definition) is 4. The molecule has 0 bridgehead atoms. The highest BCUT2D eigenvalue weighted by Crippen LogP contribution is 2.22. The lowest BCUT2D eigenvalue weighted by Crippen LogP contribution is -2.44. The number of nitrogens with two attached hydrogens (primary N) is 1. The van der Waals surface area contributed by atoms with Crippen molar-refractivity contribution in [1.29, 1.82) is 0 Å². The topological polar surface area (TPSA) is 67.6 Å². The number of hydrogen-bond donors (Lipinski definition) is 2. The molecule has 0 aromatic heterocycles. The molecule has 1 saturated heterocycles. The second-order valence-corrected chi connectivity index (χ2v) is 6.80. The van der Waals surface area contributed by atoms with E-state index in [1.807, 2.05) is 24.3 Å². The van der Waals surface area contributed by atoms with Gasteiger partial charge >= 0.3 is 0 Å². The molecule has 1 fully saturated rings. The molecule has 1 unspecified atom stereocenters. The summed E-state index contributed by atoms with van der Waals surface area (Å²) >= 11 is 0. The van der Waals surface area contributed by atoms with Crippen molar-refractivity contribution in [1.82, 2.24) is 10.2 Å². The molecule has 1 atom stereocenters. The van der Waals surface area contributed by atoms with Crippen LogP contribution in [-0.2, 0) is 16.0 Å². The number of benzene rings is 2.